The zero-order chi connectivity index (χ0) is 13.0. The monoisotopic (exact) mass is 282 g/mol. The Morgan fingerprint density at radius 3 is 1.35 bits per heavy atom. The van der Waals surface area contributed by atoms with E-state index in [1.165, 1.54) is 6.42 Å². The fourth-order valence-electron chi connectivity index (χ4n) is 1.51. The Balaban J connectivity index is 4.39. The second kappa shape index (κ2) is 11.7. The summed E-state index contributed by atoms with van der Waals surface area (Å²) < 4.78 is 19.1. The minimum absolute atomic E-state index is 0.775. The van der Waals surface area contributed by atoms with Gasteiger partial charge >= 0.3 is 112 Å². The van der Waals surface area contributed by atoms with Crippen molar-refractivity contribution in [1.82, 2.24) is 0 Å². The molecule has 0 saturated heterocycles. The number of rotatable bonds is 12. The zero-order valence-electron chi connectivity index (χ0n) is 12.1. The van der Waals surface area contributed by atoms with Gasteiger partial charge in [-0.05, 0) is 0 Å². The third kappa shape index (κ3) is 8.33. The first-order valence-electron chi connectivity index (χ1n) is 7.16. The summed E-state index contributed by atoms with van der Waals surface area (Å²) in [5.41, 5.74) is 0. The molecule has 0 amide bonds. The minimum atomic E-state index is -2.93. The van der Waals surface area contributed by atoms with E-state index in [0.29, 0.717) is 0 Å². The SMILES string of the molecule is CCC[CH2][Ti]([O]CCC)([O]CCC)[O]CCC. The van der Waals surface area contributed by atoms with Crippen LogP contribution in [0.3, 0.4) is 0 Å². The molecular formula is C13H30O3Ti. The molecule has 0 aliphatic rings. The van der Waals surface area contributed by atoms with E-state index in [1.807, 2.05) is 0 Å². The van der Waals surface area contributed by atoms with Gasteiger partial charge in [-0.25, -0.2) is 0 Å². The summed E-state index contributed by atoms with van der Waals surface area (Å²) in [7, 11) is 0. The van der Waals surface area contributed by atoms with Crippen molar-refractivity contribution in [2.45, 2.75) is 64.5 Å². The summed E-state index contributed by atoms with van der Waals surface area (Å²) in [6, 6.07) is 0. The van der Waals surface area contributed by atoms with Crippen molar-refractivity contribution in [3.8, 4) is 0 Å². The van der Waals surface area contributed by atoms with Crippen molar-refractivity contribution >= 4 is 0 Å². The number of hydrogen-bond donors (Lipinski definition) is 0. The number of unbranched alkanes of at least 4 members (excludes halogenated alkanes) is 1. The molecule has 0 atom stereocenters. The molecule has 0 aliphatic carbocycles. The van der Waals surface area contributed by atoms with Crippen LogP contribution in [0.5, 0.6) is 0 Å². The topological polar surface area (TPSA) is 27.7 Å². The van der Waals surface area contributed by atoms with E-state index in [0.717, 1.165) is 50.2 Å². The van der Waals surface area contributed by atoms with E-state index < -0.39 is 17.8 Å². The van der Waals surface area contributed by atoms with E-state index in [-0.39, 0.29) is 0 Å². The Bertz CT molecular complexity index is 127. The molecule has 3 nitrogen and oxygen atoms in total. The summed E-state index contributed by atoms with van der Waals surface area (Å²) in [5.74, 6) is 0. The molecule has 17 heavy (non-hydrogen) atoms. The molecule has 0 heterocycles. The zero-order valence-corrected chi connectivity index (χ0v) is 13.7. The number of hydrogen-bond acceptors (Lipinski definition) is 3. The van der Waals surface area contributed by atoms with Gasteiger partial charge in [-0.1, -0.05) is 0 Å². The van der Waals surface area contributed by atoms with Crippen LogP contribution in [-0.2, 0) is 27.7 Å². The maximum absolute atomic E-state index is 6.03. The van der Waals surface area contributed by atoms with Crippen LogP contribution in [0.15, 0.2) is 0 Å². The summed E-state index contributed by atoms with van der Waals surface area (Å²) >= 11 is -2.93. The van der Waals surface area contributed by atoms with Crippen LogP contribution in [0.25, 0.3) is 0 Å². The van der Waals surface area contributed by atoms with E-state index in [1.54, 1.807) is 0 Å². The Kier molecular flexibility index (Phi) is 12.1. The van der Waals surface area contributed by atoms with Crippen LogP contribution < -0.4 is 0 Å². The fourth-order valence-corrected chi connectivity index (χ4v) is 6.22. The average Bonchev–Trinajstić information content (AvgIpc) is 2.37. The van der Waals surface area contributed by atoms with Crippen molar-refractivity contribution in [3.05, 3.63) is 0 Å². The molecule has 0 bridgehead atoms. The summed E-state index contributed by atoms with van der Waals surface area (Å²) in [6.07, 6.45) is 5.42. The Morgan fingerprint density at radius 1 is 0.647 bits per heavy atom. The standard InChI is InChI=1S/C4H9.3C3H7O.Ti/c1-3-4-2;3*1-2-3-4;/h1,3-4H2,2H3;3*2-3H2,1H3;/q;3*-1;+3. The molecule has 0 N–H and O–H groups in total. The first-order valence-corrected chi connectivity index (χ1v) is 10.2. The van der Waals surface area contributed by atoms with Gasteiger partial charge in [0.2, 0.25) is 0 Å². The van der Waals surface area contributed by atoms with Crippen molar-refractivity contribution in [2.24, 2.45) is 0 Å². The molecular weight excluding hydrogens is 252 g/mol. The van der Waals surface area contributed by atoms with Crippen molar-refractivity contribution in [2.75, 3.05) is 19.8 Å². The van der Waals surface area contributed by atoms with Gasteiger partial charge in [-0.15, -0.1) is 0 Å². The molecule has 0 saturated carbocycles. The summed E-state index contributed by atoms with van der Waals surface area (Å²) in [4.78, 5) is 0. The molecule has 0 aromatic rings. The van der Waals surface area contributed by atoms with Gasteiger partial charge < -0.3 is 0 Å². The van der Waals surface area contributed by atoms with Crippen LogP contribution in [0.2, 0.25) is 4.73 Å². The van der Waals surface area contributed by atoms with E-state index in [9.17, 15) is 0 Å². The second-order valence-corrected chi connectivity index (χ2v) is 8.60. The van der Waals surface area contributed by atoms with Crippen LogP contribution in [0.4, 0.5) is 0 Å². The Morgan fingerprint density at radius 2 is 1.06 bits per heavy atom. The molecule has 0 fully saturated rings. The van der Waals surface area contributed by atoms with Gasteiger partial charge in [0, 0.05) is 0 Å². The van der Waals surface area contributed by atoms with Gasteiger partial charge in [0.05, 0.1) is 0 Å². The second-order valence-electron chi connectivity index (χ2n) is 4.33. The maximum atomic E-state index is 6.03. The van der Waals surface area contributed by atoms with Crippen LogP contribution in [-0.4, -0.2) is 19.8 Å². The normalized spacial score (nSPS) is 12.0. The molecule has 0 rings (SSSR count). The molecule has 104 valence electrons. The molecule has 0 aromatic heterocycles. The van der Waals surface area contributed by atoms with E-state index >= 15 is 0 Å². The first-order chi connectivity index (χ1) is 8.24. The molecule has 0 unspecified atom stereocenters. The van der Waals surface area contributed by atoms with Gasteiger partial charge in [0.15, 0.2) is 0 Å². The summed E-state index contributed by atoms with van der Waals surface area (Å²) in [5, 5.41) is 0. The van der Waals surface area contributed by atoms with Crippen LogP contribution in [0.1, 0.15) is 59.8 Å². The average molecular weight is 282 g/mol. The molecule has 0 aliphatic heterocycles. The fraction of sp³-hybridized carbons (Fsp3) is 1.00. The molecule has 4 heteroatoms. The summed E-state index contributed by atoms with van der Waals surface area (Å²) in [6.45, 7) is 10.9. The first kappa shape index (κ1) is 17.6. The van der Waals surface area contributed by atoms with Crippen molar-refractivity contribution < 1.29 is 27.7 Å². The van der Waals surface area contributed by atoms with Crippen molar-refractivity contribution in [3.63, 3.8) is 0 Å². The van der Waals surface area contributed by atoms with Crippen LogP contribution in [0, 0.1) is 0 Å². The third-order valence-electron chi connectivity index (χ3n) is 2.41. The van der Waals surface area contributed by atoms with Gasteiger partial charge in [0.1, 0.15) is 0 Å². The van der Waals surface area contributed by atoms with E-state index in [4.69, 9.17) is 9.96 Å². The Labute approximate surface area is 112 Å². The third-order valence-corrected chi connectivity index (χ3v) is 6.94. The molecule has 0 spiro atoms. The van der Waals surface area contributed by atoms with Crippen molar-refractivity contribution in [1.29, 1.82) is 0 Å². The molecule has 0 aromatic carbocycles. The predicted octanol–water partition coefficient (Wildman–Crippen LogP) is 4.38. The van der Waals surface area contributed by atoms with Gasteiger partial charge in [-0.3, -0.25) is 0 Å². The molecule has 0 radical (unpaired) electrons. The van der Waals surface area contributed by atoms with Gasteiger partial charge in [-0.2, -0.15) is 0 Å². The van der Waals surface area contributed by atoms with E-state index in [2.05, 4.69) is 27.7 Å². The van der Waals surface area contributed by atoms with Crippen LogP contribution >= 0.6 is 0 Å². The predicted molar refractivity (Wildman–Crippen MR) is 68.4 cm³/mol. The Hall–Kier alpha value is 0.594. The quantitative estimate of drug-likeness (QED) is 0.497. The van der Waals surface area contributed by atoms with Gasteiger partial charge in [0.25, 0.3) is 0 Å².